The SMILES string of the molecule is O[C@@H]1COC(c2ccccc2Cl)OC[C@H](O)[C@@H]2OC(c3ccccc3Cl)O[C@H]21. The van der Waals surface area contributed by atoms with E-state index in [-0.39, 0.29) is 13.2 Å². The van der Waals surface area contributed by atoms with Gasteiger partial charge in [0.15, 0.2) is 12.6 Å². The summed E-state index contributed by atoms with van der Waals surface area (Å²) >= 11 is 12.4. The van der Waals surface area contributed by atoms with Crippen molar-refractivity contribution in [3.05, 3.63) is 69.7 Å². The molecule has 0 saturated carbocycles. The van der Waals surface area contributed by atoms with E-state index in [1.165, 1.54) is 0 Å². The maximum absolute atomic E-state index is 10.6. The zero-order valence-electron chi connectivity index (χ0n) is 14.8. The molecule has 0 radical (unpaired) electrons. The quantitative estimate of drug-likeness (QED) is 0.767. The zero-order chi connectivity index (χ0) is 19.7. The first-order chi connectivity index (χ1) is 13.5. The predicted molar refractivity (Wildman–Crippen MR) is 102 cm³/mol. The average Bonchev–Trinajstić information content (AvgIpc) is 3.15. The fraction of sp³-hybridized carbons (Fsp3) is 0.400. The van der Waals surface area contributed by atoms with Gasteiger partial charge in [-0.3, -0.25) is 0 Å². The second kappa shape index (κ2) is 8.65. The Labute approximate surface area is 172 Å². The molecule has 0 amide bonds. The summed E-state index contributed by atoms with van der Waals surface area (Å²) in [5, 5.41) is 22.2. The fourth-order valence-electron chi connectivity index (χ4n) is 3.36. The van der Waals surface area contributed by atoms with Crippen LogP contribution in [0.25, 0.3) is 0 Å². The number of rotatable bonds is 2. The Kier molecular flexibility index (Phi) is 6.20. The van der Waals surface area contributed by atoms with Crippen LogP contribution in [0, 0.1) is 0 Å². The molecule has 6 nitrogen and oxygen atoms in total. The van der Waals surface area contributed by atoms with Crippen molar-refractivity contribution in [2.24, 2.45) is 0 Å². The Balaban J connectivity index is 1.53. The number of benzene rings is 2. The molecule has 0 aromatic heterocycles. The molecule has 2 fully saturated rings. The minimum Gasteiger partial charge on any atom is -0.388 e. The maximum Gasteiger partial charge on any atom is 0.186 e. The van der Waals surface area contributed by atoms with Crippen LogP contribution in [0.15, 0.2) is 48.5 Å². The van der Waals surface area contributed by atoms with Crippen molar-refractivity contribution in [3.8, 4) is 0 Å². The summed E-state index contributed by atoms with van der Waals surface area (Å²) in [6.45, 7) is -0.162. The van der Waals surface area contributed by atoms with Gasteiger partial charge in [-0.05, 0) is 12.1 Å². The molecule has 0 aliphatic carbocycles. The minimum atomic E-state index is -1.04. The van der Waals surface area contributed by atoms with Crippen LogP contribution in [0.4, 0.5) is 0 Å². The third kappa shape index (κ3) is 4.06. The molecule has 8 heteroatoms. The Morgan fingerprint density at radius 1 is 0.679 bits per heavy atom. The monoisotopic (exact) mass is 426 g/mol. The van der Waals surface area contributed by atoms with Crippen molar-refractivity contribution in [1.82, 2.24) is 0 Å². The first kappa shape index (κ1) is 20.1. The number of aliphatic hydroxyl groups is 2. The summed E-state index contributed by atoms with van der Waals surface area (Å²) < 4.78 is 23.3. The van der Waals surface area contributed by atoms with E-state index in [1.807, 2.05) is 12.1 Å². The Morgan fingerprint density at radius 2 is 1.11 bits per heavy atom. The van der Waals surface area contributed by atoms with Gasteiger partial charge in [0.1, 0.15) is 24.4 Å². The van der Waals surface area contributed by atoms with Gasteiger partial charge < -0.3 is 29.2 Å². The van der Waals surface area contributed by atoms with Crippen molar-refractivity contribution < 1.29 is 29.2 Å². The van der Waals surface area contributed by atoms with Crippen LogP contribution < -0.4 is 0 Å². The van der Waals surface area contributed by atoms with Crippen molar-refractivity contribution >= 4 is 23.2 Å². The molecule has 150 valence electrons. The molecule has 6 atom stereocenters. The average molecular weight is 427 g/mol. The molecule has 2 aliphatic heterocycles. The largest absolute Gasteiger partial charge is 0.388 e. The highest BCUT2D eigenvalue weighted by Crippen LogP contribution is 2.38. The van der Waals surface area contributed by atoms with Gasteiger partial charge in [0.2, 0.25) is 0 Å². The minimum absolute atomic E-state index is 0.0810. The third-order valence-electron chi connectivity index (χ3n) is 4.80. The Morgan fingerprint density at radius 3 is 1.57 bits per heavy atom. The lowest BCUT2D eigenvalue weighted by Crippen LogP contribution is -2.44. The number of hydrogen-bond donors (Lipinski definition) is 2. The summed E-state index contributed by atoms with van der Waals surface area (Å²) in [6, 6.07) is 14.2. The second-order valence-electron chi connectivity index (χ2n) is 6.71. The topological polar surface area (TPSA) is 77.4 Å². The summed E-state index contributed by atoms with van der Waals surface area (Å²) in [5.74, 6) is 0. The lowest BCUT2D eigenvalue weighted by atomic mass is 10.0. The molecular formula is C20H20Cl2O6. The van der Waals surface area contributed by atoms with Crippen LogP contribution in [0.1, 0.15) is 23.7 Å². The van der Waals surface area contributed by atoms with Crippen molar-refractivity contribution in [2.75, 3.05) is 13.2 Å². The van der Waals surface area contributed by atoms with Gasteiger partial charge in [-0.2, -0.15) is 0 Å². The number of ether oxygens (including phenoxy) is 4. The highest BCUT2D eigenvalue weighted by molar-refractivity contribution is 6.31. The van der Waals surface area contributed by atoms with Crippen LogP contribution in [0.5, 0.6) is 0 Å². The zero-order valence-corrected chi connectivity index (χ0v) is 16.3. The van der Waals surface area contributed by atoms with E-state index >= 15 is 0 Å². The molecule has 28 heavy (non-hydrogen) atoms. The summed E-state index contributed by atoms with van der Waals surface area (Å²) in [4.78, 5) is 0. The van der Waals surface area contributed by atoms with E-state index in [9.17, 15) is 10.2 Å². The second-order valence-corrected chi connectivity index (χ2v) is 7.52. The van der Waals surface area contributed by atoms with Gasteiger partial charge in [-0.15, -0.1) is 0 Å². The van der Waals surface area contributed by atoms with Gasteiger partial charge in [-0.25, -0.2) is 0 Å². The predicted octanol–water partition coefficient (Wildman–Crippen LogP) is 3.24. The van der Waals surface area contributed by atoms with E-state index in [4.69, 9.17) is 42.1 Å². The molecule has 2 N–H and O–H groups in total. The van der Waals surface area contributed by atoms with E-state index in [1.54, 1.807) is 36.4 Å². The molecule has 2 aliphatic rings. The standard InChI is InChI=1S/C20H20Cl2O6/c21-13-7-3-1-5-11(13)19-25-9-15(23)17-18(16(24)10-26-19)28-20(27-17)12-6-2-4-8-14(12)22/h1-8,15-20,23-24H,9-10H2/t15-,16+,17-,18-,19?,20?/m0/s1. The molecule has 4 rings (SSSR count). The molecule has 2 heterocycles. The molecular weight excluding hydrogens is 407 g/mol. The maximum atomic E-state index is 10.6. The number of aliphatic hydroxyl groups excluding tert-OH is 2. The van der Waals surface area contributed by atoms with Gasteiger partial charge in [0.05, 0.1) is 13.2 Å². The van der Waals surface area contributed by atoms with Crippen molar-refractivity contribution in [2.45, 2.75) is 37.0 Å². The highest BCUT2D eigenvalue weighted by Gasteiger charge is 2.46. The first-order valence-corrected chi connectivity index (χ1v) is 9.69. The lowest BCUT2D eigenvalue weighted by Gasteiger charge is -2.23. The number of halogens is 2. The third-order valence-corrected chi connectivity index (χ3v) is 5.49. The Hall–Kier alpha value is -1.22. The van der Waals surface area contributed by atoms with Crippen LogP contribution in [0.2, 0.25) is 10.0 Å². The van der Waals surface area contributed by atoms with E-state index in [2.05, 4.69) is 0 Å². The smallest absolute Gasteiger partial charge is 0.186 e. The van der Waals surface area contributed by atoms with Crippen LogP contribution in [-0.4, -0.2) is 47.8 Å². The molecule has 0 bridgehead atoms. The van der Waals surface area contributed by atoms with Gasteiger partial charge in [-0.1, -0.05) is 59.6 Å². The molecule has 2 saturated heterocycles. The van der Waals surface area contributed by atoms with Gasteiger partial charge in [0, 0.05) is 21.2 Å². The van der Waals surface area contributed by atoms with E-state index < -0.39 is 37.0 Å². The molecule has 2 aromatic carbocycles. The normalized spacial score (nSPS) is 33.6. The molecule has 0 spiro atoms. The fourth-order valence-corrected chi connectivity index (χ4v) is 3.81. The Bertz CT molecular complexity index is 753. The van der Waals surface area contributed by atoms with Gasteiger partial charge in [0.25, 0.3) is 0 Å². The number of fused-ring (bicyclic) bond motifs is 1. The molecule has 2 unspecified atom stereocenters. The first-order valence-electron chi connectivity index (χ1n) is 8.93. The lowest BCUT2D eigenvalue weighted by molar-refractivity contribution is -0.183. The van der Waals surface area contributed by atoms with Gasteiger partial charge >= 0.3 is 0 Å². The van der Waals surface area contributed by atoms with Crippen LogP contribution in [0.3, 0.4) is 0 Å². The summed E-state index contributed by atoms with van der Waals surface area (Å²) in [5.41, 5.74) is 1.25. The van der Waals surface area contributed by atoms with Crippen LogP contribution in [-0.2, 0) is 18.9 Å². The van der Waals surface area contributed by atoms with E-state index in [0.717, 1.165) is 0 Å². The van der Waals surface area contributed by atoms with Crippen molar-refractivity contribution in [1.29, 1.82) is 0 Å². The molecule has 2 aromatic rings. The number of hydrogen-bond acceptors (Lipinski definition) is 6. The van der Waals surface area contributed by atoms with Crippen LogP contribution >= 0.6 is 23.2 Å². The summed E-state index contributed by atoms with van der Waals surface area (Å²) in [7, 11) is 0. The summed E-state index contributed by atoms with van der Waals surface area (Å²) in [6.07, 6.45) is -5.31. The van der Waals surface area contributed by atoms with Crippen molar-refractivity contribution in [3.63, 3.8) is 0 Å². The van der Waals surface area contributed by atoms with E-state index in [0.29, 0.717) is 21.2 Å². The highest BCUT2D eigenvalue weighted by atomic mass is 35.5.